The van der Waals surface area contributed by atoms with Crippen LogP contribution in [0.2, 0.25) is 15.1 Å². The Balaban J connectivity index is 1.46. The molecule has 3 amide bonds. The van der Waals surface area contributed by atoms with Crippen molar-refractivity contribution in [2.75, 3.05) is 13.1 Å². The molecule has 2 aromatic carbocycles. The van der Waals surface area contributed by atoms with Gasteiger partial charge in [0.05, 0.1) is 20.5 Å². The Morgan fingerprint density at radius 1 is 1.08 bits per heavy atom. The smallest absolute Gasteiger partial charge is 0.261 e. The Morgan fingerprint density at radius 3 is 2.50 bits per heavy atom. The third-order valence-electron chi connectivity index (χ3n) is 5.72. The molecule has 3 aromatic rings. The Hall–Kier alpha value is -2.91. The van der Waals surface area contributed by atoms with E-state index in [4.69, 9.17) is 34.8 Å². The number of benzene rings is 2. The lowest BCUT2D eigenvalue weighted by Gasteiger charge is -2.30. The minimum absolute atomic E-state index is 0.0472. The van der Waals surface area contributed by atoms with Crippen LogP contribution in [0.25, 0.3) is 0 Å². The van der Waals surface area contributed by atoms with Crippen LogP contribution >= 0.6 is 46.1 Å². The quantitative estimate of drug-likeness (QED) is 0.409. The van der Waals surface area contributed by atoms with Crippen LogP contribution < -0.4 is 10.6 Å². The normalized spacial score (nSPS) is 13.5. The van der Waals surface area contributed by atoms with Crippen molar-refractivity contribution in [1.29, 1.82) is 0 Å². The number of amides is 3. The fourth-order valence-corrected chi connectivity index (χ4v) is 5.41. The van der Waals surface area contributed by atoms with Crippen LogP contribution in [0.4, 0.5) is 0 Å². The highest BCUT2D eigenvalue weighted by Crippen LogP contribution is 2.35. The van der Waals surface area contributed by atoms with Gasteiger partial charge in [0, 0.05) is 30.2 Å². The summed E-state index contributed by atoms with van der Waals surface area (Å²) in [7, 11) is 0. The fourth-order valence-electron chi connectivity index (χ4n) is 3.88. The van der Waals surface area contributed by atoms with Gasteiger partial charge in [0.2, 0.25) is 0 Å². The summed E-state index contributed by atoms with van der Waals surface area (Å²) in [5, 5.41) is 7.77. The summed E-state index contributed by atoms with van der Waals surface area (Å²) in [6, 6.07) is 10.7. The van der Waals surface area contributed by atoms with Crippen LogP contribution in [0.15, 0.2) is 47.8 Å². The van der Waals surface area contributed by atoms with Gasteiger partial charge in [-0.3, -0.25) is 14.4 Å². The van der Waals surface area contributed by atoms with E-state index < -0.39 is 11.9 Å². The molecular formula is C25H20Cl3N3O4S. The molecular weight excluding hydrogens is 545 g/mol. The zero-order chi connectivity index (χ0) is 25.8. The molecule has 0 fully saturated rings. The number of thiophene rings is 1. The van der Waals surface area contributed by atoms with Crippen molar-refractivity contribution in [3.05, 3.63) is 90.0 Å². The van der Waals surface area contributed by atoms with E-state index in [2.05, 4.69) is 10.6 Å². The molecule has 1 aromatic heterocycles. The first-order chi connectivity index (χ1) is 17.3. The second-order valence-electron chi connectivity index (χ2n) is 8.07. The van der Waals surface area contributed by atoms with Crippen molar-refractivity contribution in [3.8, 4) is 0 Å². The topological polar surface area (TPSA) is 95.6 Å². The van der Waals surface area contributed by atoms with Crippen LogP contribution in [-0.4, -0.2) is 48.0 Å². The molecule has 36 heavy (non-hydrogen) atoms. The van der Waals surface area contributed by atoms with Gasteiger partial charge in [-0.1, -0.05) is 40.9 Å². The zero-order valence-electron chi connectivity index (χ0n) is 18.7. The molecule has 0 saturated heterocycles. The van der Waals surface area contributed by atoms with Crippen LogP contribution in [0, 0.1) is 0 Å². The molecule has 2 heterocycles. The molecule has 11 heteroatoms. The number of fused-ring (bicyclic) bond motifs is 1. The summed E-state index contributed by atoms with van der Waals surface area (Å²) in [5.41, 5.74) is 2.03. The number of rotatable bonds is 7. The maximum atomic E-state index is 13.0. The average molecular weight is 565 g/mol. The Bertz CT molecular complexity index is 1310. The van der Waals surface area contributed by atoms with Crippen molar-refractivity contribution >= 4 is 70.1 Å². The molecule has 2 N–H and O–H groups in total. The molecule has 1 aliphatic rings. The highest BCUT2D eigenvalue weighted by atomic mass is 35.5. The number of hydrogen-bond acceptors (Lipinski definition) is 5. The van der Waals surface area contributed by atoms with Gasteiger partial charge in [-0.15, -0.1) is 11.3 Å². The van der Waals surface area contributed by atoms with E-state index in [0.717, 1.165) is 11.1 Å². The summed E-state index contributed by atoms with van der Waals surface area (Å²) >= 11 is 20.2. The van der Waals surface area contributed by atoms with Crippen LogP contribution in [0.1, 0.15) is 41.5 Å². The first-order valence-corrected chi connectivity index (χ1v) is 12.9. The second-order valence-corrected chi connectivity index (χ2v) is 10.2. The van der Waals surface area contributed by atoms with Crippen LogP contribution in [0.3, 0.4) is 0 Å². The van der Waals surface area contributed by atoms with E-state index in [-0.39, 0.29) is 40.5 Å². The number of nitrogens with zero attached hydrogens (tertiary/aromatic N) is 1. The van der Waals surface area contributed by atoms with Gasteiger partial charge in [-0.25, -0.2) is 0 Å². The third kappa shape index (κ3) is 5.73. The lowest BCUT2D eigenvalue weighted by atomic mass is 9.96. The second kappa shape index (κ2) is 11.4. The molecule has 0 saturated carbocycles. The summed E-state index contributed by atoms with van der Waals surface area (Å²) in [6.45, 7) is 0.598. The Labute approximate surface area is 226 Å². The number of nitrogens with one attached hydrogen (secondary N) is 2. The minimum atomic E-state index is -0.975. The van der Waals surface area contributed by atoms with Crippen LogP contribution in [-0.2, 0) is 17.8 Å². The van der Waals surface area contributed by atoms with Gasteiger partial charge >= 0.3 is 0 Å². The molecule has 7 nitrogen and oxygen atoms in total. The van der Waals surface area contributed by atoms with Gasteiger partial charge in [-0.2, -0.15) is 0 Å². The number of hydrogen-bond donors (Lipinski definition) is 2. The predicted molar refractivity (Wildman–Crippen MR) is 140 cm³/mol. The maximum Gasteiger partial charge on any atom is 0.261 e. The van der Waals surface area contributed by atoms with E-state index in [1.807, 2.05) is 0 Å². The monoisotopic (exact) mass is 563 g/mol. The van der Waals surface area contributed by atoms with E-state index >= 15 is 0 Å². The number of halogens is 3. The van der Waals surface area contributed by atoms with Gasteiger partial charge in [0.1, 0.15) is 12.3 Å². The molecule has 0 bridgehead atoms. The number of carbonyl (C=O) groups excluding carboxylic acids is 4. The van der Waals surface area contributed by atoms with Crippen molar-refractivity contribution in [1.82, 2.24) is 15.5 Å². The van der Waals surface area contributed by atoms with Crippen LogP contribution in [0.5, 0.6) is 0 Å². The first-order valence-electron chi connectivity index (χ1n) is 10.9. The first kappa shape index (κ1) is 26.2. The van der Waals surface area contributed by atoms with E-state index in [9.17, 15) is 19.2 Å². The third-order valence-corrected chi connectivity index (χ3v) is 7.55. The Kier molecular flexibility index (Phi) is 8.31. The van der Waals surface area contributed by atoms with Gasteiger partial charge in [0.15, 0.2) is 0 Å². The summed E-state index contributed by atoms with van der Waals surface area (Å²) in [5.74, 6) is -1.12. The predicted octanol–water partition coefficient (Wildman–Crippen LogP) is 4.63. The Morgan fingerprint density at radius 2 is 1.83 bits per heavy atom. The zero-order valence-corrected chi connectivity index (χ0v) is 21.8. The molecule has 4 rings (SSSR count). The van der Waals surface area contributed by atoms with Crippen molar-refractivity contribution in [3.63, 3.8) is 0 Å². The minimum Gasteiger partial charge on any atom is -0.349 e. The average Bonchev–Trinajstić information content (AvgIpc) is 3.41. The molecule has 0 radical (unpaired) electrons. The molecule has 1 aliphatic heterocycles. The number of aldehydes is 1. The SMILES string of the molecule is O=C[C@H](CNC(=O)c1cccs1)NC(=O)c1c(Cl)cc2c(c1Cl)CCN(C(=O)c1ccc(Cl)cc1)C2. The van der Waals surface area contributed by atoms with Crippen molar-refractivity contribution < 1.29 is 19.2 Å². The fraction of sp³-hybridized carbons (Fsp3) is 0.200. The molecule has 0 spiro atoms. The van der Waals surface area contributed by atoms with Crippen molar-refractivity contribution in [2.24, 2.45) is 0 Å². The number of carbonyl (C=O) groups is 4. The van der Waals surface area contributed by atoms with E-state index in [0.29, 0.717) is 34.7 Å². The highest BCUT2D eigenvalue weighted by molar-refractivity contribution is 7.12. The van der Waals surface area contributed by atoms with E-state index in [1.165, 1.54) is 11.3 Å². The maximum absolute atomic E-state index is 13.0. The van der Waals surface area contributed by atoms with Gasteiger partial charge in [0.25, 0.3) is 17.7 Å². The lowest BCUT2D eigenvalue weighted by Crippen LogP contribution is -2.45. The molecule has 1 atom stereocenters. The summed E-state index contributed by atoms with van der Waals surface area (Å²) in [6.07, 6.45) is 0.964. The summed E-state index contributed by atoms with van der Waals surface area (Å²) in [4.78, 5) is 51.7. The molecule has 0 unspecified atom stereocenters. The molecule has 0 aliphatic carbocycles. The standard InChI is InChI=1S/C25H20Cl3N3O4S/c26-16-5-3-14(4-6-16)25(35)31-8-7-18-15(12-31)10-19(27)21(22(18)28)24(34)30-17(13-32)11-29-23(33)20-2-1-9-36-20/h1-6,9-10,13,17H,7-8,11-12H2,(H,29,33)(H,30,34)/t17-/m0/s1. The lowest BCUT2D eigenvalue weighted by molar-refractivity contribution is -0.109. The van der Waals surface area contributed by atoms with Crippen molar-refractivity contribution in [2.45, 2.75) is 19.0 Å². The largest absolute Gasteiger partial charge is 0.349 e. The summed E-state index contributed by atoms with van der Waals surface area (Å²) < 4.78 is 0. The van der Waals surface area contributed by atoms with E-state index in [1.54, 1.807) is 52.7 Å². The van der Waals surface area contributed by atoms with Gasteiger partial charge in [-0.05, 0) is 59.3 Å². The highest BCUT2D eigenvalue weighted by Gasteiger charge is 2.28. The van der Waals surface area contributed by atoms with Gasteiger partial charge < -0.3 is 20.3 Å². The molecule has 186 valence electrons.